The molecule has 1 aromatic rings. The summed E-state index contributed by atoms with van der Waals surface area (Å²) < 4.78 is 18.9. The molecule has 1 aromatic carbocycles. The molecule has 1 fully saturated rings. The Morgan fingerprint density at radius 1 is 1.35 bits per heavy atom. The van der Waals surface area contributed by atoms with E-state index in [2.05, 4.69) is 16.8 Å². The highest BCUT2D eigenvalue weighted by molar-refractivity contribution is 5.85. The topological polar surface area (TPSA) is 24.5 Å². The molecule has 1 N–H and O–H groups in total. The molecule has 1 atom stereocenters. The van der Waals surface area contributed by atoms with E-state index in [1.165, 1.54) is 12.1 Å². The smallest absolute Gasteiger partial charge is 0.126 e. The highest BCUT2D eigenvalue weighted by atomic mass is 35.5. The third-order valence-corrected chi connectivity index (χ3v) is 4.28. The van der Waals surface area contributed by atoms with Gasteiger partial charge in [-0.05, 0) is 25.3 Å². The van der Waals surface area contributed by atoms with Gasteiger partial charge in [0.2, 0.25) is 0 Å². The maximum Gasteiger partial charge on any atom is 0.126 e. The molecule has 0 spiro atoms. The van der Waals surface area contributed by atoms with E-state index in [9.17, 15) is 4.39 Å². The van der Waals surface area contributed by atoms with Gasteiger partial charge < -0.3 is 10.1 Å². The zero-order valence-corrected chi connectivity index (χ0v) is 14.7. The minimum absolute atomic E-state index is 0. The van der Waals surface area contributed by atoms with Gasteiger partial charge in [-0.15, -0.1) is 19.0 Å². The summed E-state index contributed by atoms with van der Waals surface area (Å²) in [6, 6.07) is 5.21. The normalized spacial score (nSPS) is 16.4. The van der Waals surface area contributed by atoms with Gasteiger partial charge in [0.1, 0.15) is 11.6 Å². The molecule has 1 aliphatic rings. The Labute approximate surface area is 145 Å². The summed E-state index contributed by atoms with van der Waals surface area (Å²) in [5, 5.41) is 3.39. The predicted octanol–water partition coefficient (Wildman–Crippen LogP) is 3.95. The minimum atomic E-state index is -0.244. The van der Waals surface area contributed by atoms with E-state index in [1.807, 2.05) is 12.1 Å². The lowest BCUT2D eigenvalue weighted by Gasteiger charge is -2.36. The van der Waals surface area contributed by atoms with Gasteiger partial charge in [-0.1, -0.05) is 18.6 Å². The first-order valence-corrected chi connectivity index (χ1v) is 8.15. The SMILES string of the molecule is C=CCCCC[C@H](c1ccc(F)cc1OC)N1CCNCC1.Cl. The van der Waals surface area contributed by atoms with Crippen molar-refractivity contribution in [2.24, 2.45) is 0 Å². The number of nitrogens with zero attached hydrogens (tertiary/aromatic N) is 1. The molecule has 0 unspecified atom stereocenters. The number of hydrogen-bond donors (Lipinski definition) is 1. The first-order valence-electron chi connectivity index (χ1n) is 8.15. The number of rotatable bonds is 8. The van der Waals surface area contributed by atoms with Gasteiger partial charge in [-0.2, -0.15) is 0 Å². The zero-order valence-electron chi connectivity index (χ0n) is 13.9. The summed E-state index contributed by atoms with van der Waals surface area (Å²) in [5.41, 5.74) is 1.10. The second kappa shape index (κ2) is 10.6. The molecule has 1 heterocycles. The number of methoxy groups -OCH3 is 1. The van der Waals surface area contributed by atoms with Gasteiger partial charge in [-0.3, -0.25) is 4.90 Å². The van der Waals surface area contributed by atoms with E-state index in [-0.39, 0.29) is 18.2 Å². The van der Waals surface area contributed by atoms with Crippen LogP contribution in [0.4, 0.5) is 4.39 Å². The monoisotopic (exact) mass is 342 g/mol. The Morgan fingerprint density at radius 2 is 2.09 bits per heavy atom. The van der Waals surface area contributed by atoms with Crippen LogP contribution < -0.4 is 10.1 Å². The number of halogens is 2. The van der Waals surface area contributed by atoms with Gasteiger partial charge in [0, 0.05) is 43.9 Å². The van der Waals surface area contributed by atoms with Gasteiger partial charge >= 0.3 is 0 Å². The number of allylic oxidation sites excluding steroid dienone is 1. The molecular formula is C18H28ClFN2O. The lowest BCUT2D eigenvalue weighted by atomic mass is 9.97. The molecule has 130 valence electrons. The van der Waals surface area contributed by atoms with Crippen molar-refractivity contribution in [3.8, 4) is 5.75 Å². The number of ether oxygens (including phenoxy) is 1. The molecule has 2 rings (SSSR count). The number of benzene rings is 1. The Hall–Kier alpha value is -1.10. The van der Waals surface area contributed by atoms with E-state index in [0.29, 0.717) is 11.8 Å². The zero-order chi connectivity index (χ0) is 15.8. The maximum absolute atomic E-state index is 13.5. The Kier molecular flexibility index (Phi) is 9.22. The van der Waals surface area contributed by atoms with Crippen molar-refractivity contribution in [2.75, 3.05) is 33.3 Å². The lowest BCUT2D eigenvalue weighted by Crippen LogP contribution is -2.45. The summed E-state index contributed by atoms with van der Waals surface area (Å²) in [6.45, 7) is 7.84. The van der Waals surface area contributed by atoms with Crippen LogP contribution in [0.2, 0.25) is 0 Å². The van der Waals surface area contributed by atoms with Crippen LogP contribution in [0, 0.1) is 5.82 Å². The van der Waals surface area contributed by atoms with E-state index >= 15 is 0 Å². The van der Waals surface area contributed by atoms with Crippen molar-refractivity contribution < 1.29 is 9.13 Å². The van der Waals surface area contributed by atoms with Crippen LogP contribution in [0.15, 0.2) is 30.9 Å². The van der Waals surface area contributed by atoms with Gasteiger partial charge in [0.05, 0.1) is 7.11 Å². The second-order valence-corrected chi connectivity index (χ2v) is 5.76. The van der Waals surface area contributed by atoms with Crippen LogP contribution in [0.3, 0.4) is 0 Å². The van der Waals surface area contributed by atoms with Crippen LogP contribution in [0.1, 0.15) is 37.3 Å². The second-order valence-electron chi connectivity index (χ2n) is 5.76. The summed E-state index contributed by atoms with van der Waals surface area (Å²) in [5.74, 6) is 0.415. The van der Waals surface area contributed by atoms with Crippen molar-refractivity contribution >= 4 is 12.4 Å². The molecule has 0 saturated carbocycles. The fourth-order valence-corrected chi connectivity index (χ4v) is 3.12. The molecule has 0 bridgehead atoms. The molecule has 3 nitrogen and oxygen atoms in total. The first kappa shape index (κ1) is 19.9. The number of unbranched alkanes of at least 4 members (excludes halogenated alkanes) is 2. The van der Waals surface area contributed by atoms with Crippen molar-refractivity contribution in [1.29, 1.82) is 0 Å². The Morgan fingerprint density at radius 3 is 2.74 bits per heavy atom. The summed E-state index contributed by atoms with van der Waals surface area (Å²) in [4.78, 5) is 2.49. The summed E-state index contributed by atoms with van der Waals surface area (Å²) in [7, 11) is 1.62. The molecule has 1 aliphatic heterocycles. The fourth-order valence-electron chi connectivity index (χ4n) is 3.12. The number of hydrogen-bond acceptors (Lipinski definition) is 3. The largest absolute Gasteiger partial charge is 0.496 e. The standard InChI is InChI=1S/C18H27FN2O.ClH/c1-3-4-5-6-7-17(21-12-10-20-11-13-21)16-9-8-15(19)14-18(16)22-2;/h3,8-9,14,17,20H,1,4-7,10-13H2,2H3;1H/t17-;/m1./s1. The van der Waals surface area contributed by atoms with E-state index in [1.54, 1.807) is 7.11 Å². The minimum Gasteiger partial charge on any atom is -0.496 e. The third-order valence-electron chi connectivity index (χ3n) is 4.28. The first-order chi connectivity index (χ1) is 10.8. The average Bonchev–Trinajstić information content (AvgIpc) is 2.56. The van der Waals surface area contributed by atoms with E-state index in [0.717, 1.165) is 57.4 Å². The molecule has 1 saturated heterocycles. The quantitative estimate of drug-likeness (QED) is 0.572. The van der Waals surface area contributed by atoms with Crippen molar-refractivity contribution in [3.05, 3.63) is 42.2 Å². The molecule has 0 radical (unpaired) electrons. The van der Waals surface area contributed by atoms with Crippen LogP contribution in [0.25, 0.3) is 0 Å². The van der Waals surface area contributed by atoms with E-state index < -0.39 is 0 Å². The molecule has 0 aromatic heterocycles. The van der Waals surface area contributed by atoms with Gasteiger partial charge in [0.25, 0.3) is 0 Å². The number of nitrogens with one attached hydrogen (secondary N) is 1. The summed E-state index contributed by atoms with van der Waals surface area (Å²) in [6.07, 6.45) is 6.37. The predicted molar refractivity (Wildman–Crippen MR) is 96.0 cm³/mol. The lowest BCUT2D eigenvalue weighted by molar-refractivity contribution is 0.160. The third kappa shape index (κ3) is 5.79. The van der Waals surface area contributed by atoms with Crippen LogP contribution in [-0.4, -0.2) is 38.2 Å². The molecular weight excluding hydrogens is 315 g/mol. The van der Waals surface area contributed by atoms with Gasteiger partial charge in [-0.25, -0.2) is 4.39 Å². The average molecular weight is 343 g/mol. The molecule has 23 heavy (non-hydrogen) atoms. The molecule has 0 aliphatic carbocycles. The fraction of sp³-hybridized carbons (Fsp3) is 0.556. The van der Waals surface area contributed by atoms with Crippen LogP contribution in [-0.2, 0) is 0 Å². The Balaban J connectivity index is 0.00000264. The highest BCUT2D eigenvalue weighted by Gasteiger charge is 2.24. The van der Waals surface area contributed by atoms with Crippen LogP contribution >= 0.6 is 12.4 Å². The summed E-state index contributed by atoms with van der Waals surface area (Å²) >= 11 is 0. The van der Waals surface area contributed by atoms with Crippen molar-refractivity contribution in [1.82, 2.24) is 10.2 Å². The molecule has 0 amide bonds. The van der Waals surface area contributed by atoms with Crippen LogP contribution in [0.5, 0.6) is 5.75 Å². The van der Waals surface area contributed by atoms with E-state index in [4.69, 9.17) is 4.74 Å². The van der Waals surface area contributed by atoms with Gasteiger partial charge in [0.15, 0.2) is 0 Å². The van der Waals surface area contributed by atoms with Crippen molar-refractivity contribution in [3.63, 3.8) is 0 Å². The number of piperazine rings is 1. The highest BCUT2D eigenvalue weighted by Crippen LogP contribution is 2.34. The van der Waals surface area contributed by atoms with Crippen molar-refractivity contribution in [2.45, 2.75) is 31.7 Å². The Bertz CT molecular complexity index is 478. The molecule has 5 heteroatoms. The maximum atomic E-state index is 13.5.